The largest absolute Gasteiger partial charge is 0.252 e. The first-order chi connectivity index (χ1) is 8.95. The maximum absolute atomic E-state index is 4.27. The van der Waals surface area contributed by atoms with E-state index in [9.17, 15) is 0 Å². The molecule has 3 heterocycles. The molecule has 0 saturated carbocycles. The molecule has 0 aliphatic rings. The van der Waals surface area contributed by atoms with E-state index in [-0.39, 0.29) is 0 Å². The third kappa shape index (κ3) is 1.88. The van der Waals surface area contributed by atoms with Gasteiger partial charge in [0.05, 0.1) is 0 Å². The van der Waals surface area contributed by atoms with Gasteiger partial charge in [0.1, 0.15) is 31.0 Å². The summed E-state index contributed by atoms with van der Waals surface area (Å²) in [6, 6.07) is 3.67. The first-order valence-electron chi connectivity index (χ1n) is 5.15. The fourth-order valence-electron chi connectivity index (χ4n) is 1.50. The molecule has 0 radical (unpaired) electrons. The summed E-state index contributed by atoms with van der Waals surface area (Å²) in [5.74, 6) is 1.02. The van der Waals surface area contributed by atoms with E-state index < -0.39 is 0 Å². The molecule has 0 aliphatic carbocycles. The minimum Gasteiger partial charge on any atom is -0.252 e. The lowest BCUT2D eigenvalue weighted by molar-refractivity contribution is 1.03. The van der Waals surface area contributed by atoms with Crippen molar-refractivity contribution in [2.45, 2.75) is 0 Å². The molecule has 0 aromatic carbocycles. The number of pyridine rings is 1. The van der Waals surface area contributed by atoms with Gasteiger partial charge in [-0.3, -0.25) is 4.98 Å². The minimum atomic E-state index is 0.487. The highest BCUT2D eigenvalue weighted by Gasteiger charge is 2.12. The number of rotatable bonds is 2. The van der Waals surface area contributed by atoms with Gasteiger partial charge in [-0.2, -0.15) is 0 Å². The van der Waals surface area contributed by atoms with Crippen molar-refractivity contribution in [3.63, 3.8) is 0 Å². The Kier molecular flexibility index (Phi) is 2.63. The number of nitrogens with zero attached hydrogens (tertiary/aromatic N) is 7. The van der Waals surface area contributed by atoms with E-state index in [4.69, 9.17) is 0 Å². The molecule has 0 N–H and O–H groups in total. The first-order valence-corrected chi connectivity index (χ1v) is 5.15. The Bertz CT molecular complexity index is 583. The van der Waals surface area contributed by atoms with Crippen molar-refractivity contribution in [3.05, 3.63) is 43.6 Å². The predicted octanol–water partition coefficient (Wildman–Crippen LogP) is 0.786. The third-order valence-electron chi connectivity index (χ3n) is 2.25. The molecular weight excluding hydrogens is 230 g/mol. The standard InChI is InChI=1S/C11H7N7/c1-2-8(10-15-4-12-5-16-10)9(14-3-1)11-17-6-13-7-18-11/h1-7H. The van der Waals surface area contributed by atoms with E-state index in [1.54, 1.807) is 6.20 Å². The van der Waals surface area contributed by atoms with E-state index in [2.05, 4.69) is 34.9 Å². The van der Waals surface area contributed by atoms with Crippen LogP contribution < -0.4 is 0 Å². The lowest BCUT2D eigenvalue weighted by atomic mass is 10.1. The van der Waals surface area contributed by atoms with Crippen LogP contribution in [0.5, 0.6) is 0 Å². The van der Waals surface area contributed by atoms with Gasteiger partial charge in [-0.25, -0.2) is 29.9 Å². The molecule has 0 atom stereocenters. The molecule has 7 nitrogen and oxygen atoms in total. The molecule has 0 bridgehead atoms. The molecule has 0 amide bonds. The van der Waals surface area contributed by atoms with E-state index in [1.807, 2.05) is 12.1 Å². The molecule has 0 saturated heterocycles. The van der Waals surface area contributed by atoms with Gasteiger partial charge in [0.25, 0.3) is 0 Å². The number of hydrogen-bond acceptors (Lipinski definition) is 7. The van der Waals surface area contributed by atoms with Crippen LogP contribution in [0.3, 0.4) is 0 Å². The quantitative estimate of drug-likeness (QED) is 0.650. The Balaban J connectivity index is 2.18. The van der Waals surface area contributed by atoms with Crippen LogP contribution in [0.1, 0.15) is 0 Å². The van der Waals surface area contributed by atoms with E-state index in [0.717, 1.165) is 5.56 Å². The lowest BCUT2D eigenvalue weighted by Crippen LogP contribution is -1.97. The second kappa shape index (κ2) is 4.58. The Hall–Kier alpha value is -2.83. The van der Waals surface area contributed by atoms with Gasteiger partial charge in [-0.1, -0.05) is 0 Å². The summed E-state index contributed by atoms with van der Waals surface area (Å²) in [4.78, 5) is 28.2. The normalized spacial score (nSPS) is 10.2. The molecule has 3 aromatic rings. The van der Waals surface area contributed by atoms with Gasteiger partial charge >= 0.3 is 0 Å². The molecule has 3 aromatic heterocycles. The Morgan fingerprint density at radius 2 is 1.28 bits per heavy atom. The van der Waals surface area contributed by atoms with Crippen LogP contribution >= 0.6 is 0 Å². The summed E-state index contributed by atoms with van der Waals surface area (Å²) in [5, 5.41) is 0. The van der Waals surface area contributed by atoms with Crippen molar-refractivity contribution in [2.24, 2.45) is 0 Å². The Morgan fingerprint density at radius 1 is 0.667 bits per heavy atom. The summed E-state index contributed by atoms with van der Waals surface area (Å²) in [5.41, 5.74) is 1.37. The zero-order chi connectivity index (χ0) is 12.2. The van der Waals surface area contributed by atoms with Gasteiger partial charge in [-0.05, 0) is 12.1 Å². The van der Waals surface area contributed by atoms with Crippen LogP contribution in [0.15, 0.2) is 43.6 Å². The smallest absolute Gasteiger partial charge is 0.181 e. The average Bonchev–Trinajstić information content (AvgIpc) is 2.49. The summed E-state index contributed by atoms with van der Waals surface area (Å²) in [7, 11) is 0. The van der Waals surface area contributed by atoms with E-state index in [1.165, 1.54) is 25.3 Å². The second-order valence-electron chi connectivity index (χ2n) is 3.32. The number of hydrogen-bond donors (Lipinski definition) is 0. The molecule has 18 heavy (non-hydrogen) atoms. The molecule has 0 unspecified atom stereocenters. The topological polar surface area (TPSA) is 90.2 Å². The summed E-state index contributed by atoms with van der Waals surface area (Å²) >= 11 is 0. The van der Waals surface area contributed by atoms with Crippen molar-refractivity contribution in [3.8, 4) is 22.9 Å². The fourth-order valence-corrected chi connectivity index (χ4v) is 1.50. The molecule has 7 heteroatoms. The predicted molar refractivity (Wildman–Crippen MR) is 61.9 cm³/mol. The van der Waals surface area contributed by atoms with Crippen LogP contribution in [-0.2, 0) is 0 Å². The van der Waals surface area contributed by atoms with Crippen LogP contribution in [0.25, 0.3) is 22.9 Å². The van der Waals surface area contributed by atoms with E-state index >= 15 is 0 Å². The fraction of sp³-hybridized carbons (Fsp3) is 0. The highest BCUT2D eigenvalue weighted by atomic mass is 15.0. The Labute approximate surface area is 102 Å². The molecule has 0 spiro atoms. The highest BCUT2D eigenvalue weighted by Crippen LogP contribution is 2.23. The average molecular weight is 237 g/mol. The van der Waals surface area contributed by atoms with Crippen LogP contribution in [0.2, 0.25) is 0 Å². The van der Waals surface area contributed by atoms with Crippen LogP contribution in [0, 0.1) is 0 Å². The summed E-state index contributed by atoms with van der Waals surface area (Å²) in [6.07, 6.45) is 7.39. The van der Waals surface area contributed by atoms with Crippen molar-refractivity contribution in [1.29, 1.82) is 0 Å². The van der Waals surface area contributed by atoms with Crippen molar-refractivity contribution >= 4 is 0 Å². The Morgan fingerprint density at radius 3 is 1.94 bits per heavy atom. The maximum atomic E-state index is 4.27. The number of aromatic nitrogens is 7. The maximum Gasteiger partial charge on any atom is 0.181 e. The molecule has 3 rings (SSSR count). The van der Waals surface area contributed by atoms with Gasteiger partial charge in [0, 0.05) is 11.8 Å². The molecular formula is C11H7N7. The highest BCUT2D eigenvalue weighted by molar-refractivity contribution is 5.72. The van der Waals surface area contributed by atoms with Gasteiger partial charge in [0.15, 0.2) is 11.6 Å². The lowest BCUT2D eigenvalue weighted by Gasteiger charge is -2.04. The molecule has 86 valence electrons. The first kappa shape index (κ1) is 10.3. The minimum absolute atomic E-state index is 0.487. The van der Waals surface area contributed by atoms with E-state index in [0.29, 0.717) is 17.3 Å². The van der Waals surface area contributed by atoms with Gasteiger partial charge in [0.2, 0.25) is 0 Å². The van der Waals surface area contributed by atoms with Crippen molar-refractivity contribution in [1.82, 2.24) is 34.9 Å². The molecule has 0 aliphatic heterocycles. The zero-order valence-electron chi connectivity index (χ0n) is 9.17. The van der Waals surface area contributed by atoms with Crippen LogP contribution in [-0.4, -0.2) is 34.9 Å². The zero-order valence-corrected chi connectivity index (χ0v) is 9.17. The summed E-state index contributed by atoms with van der Waals surface area (Å²) < 4.78 is 0. The summed E-state index contributed by atoms with van der Waals surface area (Å²) in [6.45, 7) is 0. The van der Waals surface area contributed by atoms with Crippen molar-refractivity contribution < 1.29 is 0 Å². The third-order valence-corrected chi connectivity index (χ3v) is 2.25. The van der Waals surface area contributed by atoms with Crippen molar-refractivity contribution in [2.75, 3.05) is 0 Å². The SMILES string of the molecule is c1cnc(-c2ncncn2)c(-c2ncncn2)c1. The second-order valence-corrected chi connectivity index (χ2v) is 3.32. The van der Waals surface area contributed by atoms with Gasteiger partial charge < -0.3 is 0 Å². The van der Waals surface area contributed by atoms with Crippen LogP contribution in [0.4, 0.5) is 0 Å². The molecule has 0 fully saturated rings. The monoisotopic (exact) mass is 237 g/mol. The van der Waals surface area contributed by atoms with Gasteiger partial charge in [-0.15, -0.1) is 0 Å².